The molecule has 0 radical (unpaired) electrons. The van der Waals surface area contributed by atoms with Crippen LogP contribution in [-0.4, -0.2) is 79.9 Å². The van der Waals surface area contributed by atoms with Gasteiger partial charge in [0, 0.05) is 13.1 Å². The fourth-order valence-electron chi connectivity index (χ4n) is 4.99. The number of nitrogens with zero attached hydrogens (tertiary/aromatic N) is 1. The Bertz CT molecular complexity index is 1190. The first-order valence-corrected chi connectivity index (χ1v) is 14.7. The number of benzene rings is 2. The molecule has 0 saturated carbocycles. The number of amides is 1. The Kier molecular flexibility index (Phi) is 9.97. The lowest BCUT2D eigenvalue weighted by atomic mass is 10.0. The van der Waals surface area contributed by atoms with E-state index in [1.165, 1.54) is 16.4 Å². The third kappa shape index (κ3) is 7.56. The number of ether oxygens (including phenoxy) is 3. The summed E-state index contributed by atoms with van der Waals surface area (Å²) in [6, 6.07) is 14.6. The maximum Gasteiger partial charge on any atom is 0.407 e. The van der Waals surface area contributed by atoms with Crippen LogP contribution in [-0.2, 0) is 37.3 Å². The molecule has 0 bridgehead atoms. The molecular weight excluding hydrogens is 524 g/mol. The topological polar surface area (TPSA) is 135 Å². The molecule has 2 aliphatic heterocycles. The van der Waals surface area contributed by atoms with Crippen molar-refractivity contribution in [3.8, 4) is 0 Å². The molecule has 11 heteroatoms. The molecule has 2 aliphatic rings. The molecule has 5 atom stereocenters. The number of carbonyl (C=O) groups is 1. The second-order valence-corrected chi connectivity index (χ2v) is 12.4. The molecule has 2 fully saturated rings. The van der Waals surface area contributed by atoms with Gasteiger partial charge in [0.2, 0.25) is 10.0 Å². The molecule has 0 spiro atoms. The van der Waals surface area contributed by atoms with Crippen LogP contribution in [0.2, 0.25) is 0 Å². The summed E-state index contributed by atoms with van der Waals surface area (Å²) in [6.45, 7) is 4.19. The Morgan fingerprint density at radius 2 is 1.85 bits per heavy atom. The first-order valence-electron chi connectivity index (χ1n) is 13.3. The lowest BCUT2D eigenvalue weighted by Gasteiger charge is -2.31. The lowest BCUT2D eigenvalue weighted by Crippen LogP contribution is -2.51. The maximum absolute atomic E-state index is 13.6. The Morgan fingerprint density at radius 1 is 1.10 bits per heavy atom. The average molecular weight is 563 g/mol. The number of hydrogen-bond acceptors (Lipinski definition) is 8. The number of aliphatic hydroxyl groups is 2. The predicted octanol–water partition coefficient (Wildman–Crippen LogP) is 2.29. The zero-order chi connectivity index (χ0) is 28.0. The van der Waals surface area contributed by atoms with E-state index >= 15 is 0 Å². The molecule has 5 unspecified atom stereocenters. The highest BCUT2D eigenvalue weighted by molar-refractivity contribution is 7.89. The fraction of sp³-hybridized carbons (Fsp3) is 0.536. The summed E-state index contributed by atoms with van der Waals surface area (Å²) >= 11 is 0. The van der Waals surface area contributed by atoms with Crippen LogP contribution in [0.1, 0.15) is 31.4 Å². The van der Waals surface area contributed by atoms with Crippen LogP contribution in [0.4, 0.5) is 4.79 Å². The molecule has 2 aromatic rings. The number of carbonyl (C=O) groups excluding carboxylic acids is 1. The minimum absolute atomic E-state index is 0.0255. The standard InChI is InChI=1S/C28H38N2O8S/c1-19(2)15-30(39(34,35)22-10-6-9-21(13-22)17-31)16-25(32)24(14-20-7-4-3-5-8-20)29-28(33)38-26-18-37-27-23(26)11-12-36-27/h3-10,13,19,23-27,31-32H,11-12,14-18H2,1-2H3,(H,29,33). The maximum atomic E-state index is 13.6. The van der Waals surface area contributed by atoms with Gasteiger partial charge in [-0.15, -0.1) is 0 Å². The van der Waals surface area contributed by atoms with Gasteiger partial charge in [-0.05, 0) is 42.0 Å². The molecule has 10 nitrogen and oxygen atoms in total. The molecule has 2 heterocycles. The van der Waals surface area contributed by atoms with Crippen LogP contribution in [0.25, 0.3) is 0 Å². The van der Waals surface area contributed by atoms with Crippen LogP contribution in [0, 0.1) is 11.8 Å². The number of sulfonamides is 1. The van der Waals surface area contributed by atoms with Gasteiger partial charge in [0.05, 0.1) is 42.8 Å². The number of fused-ring (bicyclic) bond motifs is 1. The fourth-order valence-corrected chi connectivity index (χ4v) is 6.68. The Balaban J connectivity index is 1.52. The van der Waals surface area contributed by atoms with Crippen LogP contribution in [0.5, 0.6) is 0 Å². The van der Waals surface area contributed by atoms with E-state index in [1.54, 1.807) is 12.1 Å². The molecule has 4 rings (SSSR count). The van der Waals surface area contributed by atoms with Gasteiger partial charge in [0.1, 0.15) is 6.10 Å². The normalized spacial score (nSPS) is 22.6. The minimum Gasteiger partial charge on any atom is -0.443 e. The van der Waals surface area contributed by atoms with Gasteiger partial charge in [0.25, 0.3) is 0 Å². The average Bonchev–Trinajstić information content (AvgIpc) is 3.53. The van der Waals surface area contributed by atoms with E-state index in [2.05, 4.69) is 5.32 Å². The molecule has 3 N–H and O–H groups in total. The highest BCUT2D eigenvalue weighted by Gasteiger charge is 2.44. The van der Waals surface area contributed by atoms with Crippen LogP contribution < -0.4 is 5.32 Å². The summed E-state index contributed by atoms with van der Waals surface area (Å²) < 4.78 is 45.2. The van der Waals surface area contributed by atoms with Gasteiger partial charge in [-0.25, -0.2) is 13.2 Å². The monoisotopic (exact) mass is 562 g/mol. The molecule has 2 aromatic carbocycles. The van der Waals surface area contributed by atoms with E-state index < -0.39 is 34.4 Å². The molecule has 0 aliphatic carbocycles. The van der Waals surface area contributed by atoms with Crippen LogP contribution in [0.15, 0.2) is 59.5 Å². The molecule has 214 valence electrons. The Morgan fingerprint density at radius 3 is 2.56 bits per heavy atom. The van der Waals surface area contributed by atoms with E-state index in [1.807, 2.05) is 44.2 Å². The summed E-state index contributed by atoms with van der Waals surface area (Å²) in [5.74, 6) is -0.0583. The van der Waals surface area contributed by atoms with Crippen molar-refractivity contribution < 1.29 is 37.6 Å². The highest BCUT2D eigenvalue weighted by atomic mass is 32.2. The molecule has 2 saturated heterocycles. The number of nitrogens with one attached hydrogen (secondary N) is 1. The molecule has 0 aromatic heterocycles. The van der Waals surface area contributed by atoms with Gasteiger partial charge in [-0.2, -0.15) is 4.31 Å². The van der Waals surface area contributed by atoms with E-state index in [-0.39, 0.29) is 55.7 Å². The van der Waals surface area contributed by atoms with Crippen LogP contribution in [0.3, 0.4) is 0 Å². The first-order chi connectivity index (χ1) is 18.7. The van der Waals surface area contributed by atoms with E-state index in [9.17, 15) is 23.4 Å². The summed E-state index contributed by atoms with van der Waals surface area (Å²) in [7, 11) is -4.00. The number of rotatable bonds is 12. The van der Waals surface area contributed by atoms with Crippen LogP contribution >= 0.6 is 0 Å². The smallest absolute Gasteiger partial charge is 0.407 e. The third-order valence-corrected chi connectivity index (χ3v) is 8.82. The quantitative estimate of drug-likeness (QED) is 0.359. The summed E-state index contributed by atoms with van der Waals surface area (Å²) in [5, 5.41) is 23.6. The SMILES string of the molecule is CC(C)CN(CC(O)C(Cc1ccccc1)NC(=O)OC1COC2OCCC12)S(=O)(=O)c1cccc(CO)c1. The summed E-state index contributed by atoms with van der Waals surface area (Å²) in [4.78, 5) is 13.0. The Labute approximate surface area is 229 Å². The van der Waals surface area contributed by atoms with E-state index in [0.29, 0.717) is 12.2 Å². The second kappa shape index (κ2) is 13.2. The van der Waals surface area contributed by atoms with Crippen molar-refractivity contribution in [3.63, 3.8) is 0 Å². The van der Waals surface area contributed by atoms with Crippen molar-refractivity contribution in [1.29, 1.82) is 0 Å². The van der Waals surface area contributed by atoms with Crippen molar-refractivity contribution in [2.24, 2.45) is 11.8 Å². The lowest BCUT2D eigenvalue weighted by molar-refractivity contribution is -0.0907. The zero-order valence-electron chi connectivity index (χ0n) is 22.3. The molecule has 39 heavy (non-hydrogen) atoms. The largest absolute Gasteiger partial charge is 0.443 e. The van der Waals surface area contributed by atoms with E-state index in [0.717, 1.165) is 12.0 Å². The van der Waals surface area contributed by atoms with E-state index in [4.69, 9.17) is 14.2 Å². The van der Waals surface area contributed by atoms with Crippen molar-refractivity contribution in [3.05, 3.63) is 65.7 Å². The van der Waals surface area contributed by atoms with Gasteiger partial charge in [-0.1, -0.05) is 56.3 Å². The number of hydrogen-bond donors (Lipinski definition) is 3. The first kappa shape index (κ1) is 29.4. The van der Waals surface area contributed by atoms with Crippen molar-refractivity contribution in [2.75, 3.05) is 26.3 Å². The Hall–Kier alpha value is -2.54. The summed E-state index contributed by atoms with van der Waals surface area (Å²) in [5.41, 5.74) is 1.34. The van der Waals surface area contributed by atoms with Gasteiger partial charge < -0.3 is 29.7 Å². The van der Waals surface area contributed by atoms with Crippen molar-refractivity contribution >= 4 is 16.1 Å². The highest BCUT2D eigenvalue weighted by Crippen LogP contribution is 2.33. The number of aliphatic hydroxyl groups excluding tert-OH is 2. The van der Waals surface area contributed by atoms with Crippen molar-refractivity contribution in [2.45, 2.75) is 62.7 Å². The number of alkyl carbamates (subject to hydrolysis) is 1. The molecular formula is C28H38N2O8S. The zero-order valence-corrected chi connectivity index (χ0v) is 23.1. The second-order valence-electron chi connectivity index (χ2n) is 10.5. The molecule has 1 amide bonds. The third-order valence-electron chi connectivity index (χ3n) is 6.99. The van der Waals surface area contributed by atoms with Gasteiger partial charge in [0.15, 0.2) is 6.29 Å². The van der Waals surface area contributed by atoms with Gasteiger partial charge >= 0.3 is 6.09 Å². The predicted molar refractivity (Wildman–Crippen MR) is 143 cm³/mol. The summed E-state index contributed by atoms with van der Waals surface area (Å²) in [6.07, 6.45) is -1.77. The van der Waals surface area contributed by atoms with Gasteiger partial charge in [-0.3, -0.25) is 0 Å². The minimum atomic E-state index is -4.00. The van der Waals surface area contributed by atoms with Crippen molar-refractivity contribution in [1.82, 2.24) is 9.62 Å².